The van der Waals surface area contributed by atoms with Gasteiger partial charge in [-0.1, -0.05) is 34.1 Å². The lowest BCUT2D eigenvalue weighted by molar-refractivity contribution is -0.155. The number of halogens is 1. The number of benzene rings is 1. The van der Waals surface area contributed by atoms with Gasteiger partial charge in [-0.3, -0.25) is 14.4 Å². The van der Waals surface area contributed by atoms with Crippen molar-refractivity contribution in [3.05, 3.63) is 29.8 Å². The van der Waals surface area contributed by atoms with E-state index in [9.17, 15) is 14.4 Å². The lowest BCUT2D eigenvalue weighted by Gasteiger charge is -2.33. The standard InChI is InChI=1S/C14H13BrO4/c1-9(16)6-14(12(17)8-15)7-10-4-2-3-5-11(10)19-13(14)18/h2-5H,6-8H2,1H3. The fourth-order valence-corrected chi connectivity index (χ4v) is 2.88. The summed E-state index contributed by atoms with van der Waals surface area (Å²) in [6.45, 7) is 1.37. The molecule has 1 atom stereocenters. The summed E-state index contributed by atoms with van der Waals surface area (Å²) in [6.07, 6.45) is 0.0939. The Morgan fingerprint density at radius 2 is 2.05 bits per heavy atom. The summed E-state index contributed by atoms with van der Waals surface area (Å²) in [4.78, 5) is 35.8. The van der Waals surface area contributed by atoms with Crippen LogP contribution in [0.2, 0.25) is 0 Å². The number of ketones is 2. The van der Waals surface area contributed by atoms with E-state index in [2.05, 4.69) is 15.9 Å². The highest BCUT2D eigenvalue weighted by atomic mass is 79.9. The molecule has 0 N–H and O–H groups in total. The highest BCUT2D eigenvalue weighted by Crippen LogP contribution is 2.39. The fraction of sp³-hybridized carbons (Fsp3) is 0.357. The van der Waals surface area contributed by atoms with Gasteiger partial charge in [0.1, 0.15) is 16.9 Å². The molecule has 1 aromatic rings. The van der Waals surface area contributed by atoms with Crippen molar-refractivity contribution >= 4 is 33.5 Å². The Morgan fingerprint density at radius 1 is 1.37 bits per heavy atom. The molecule has 0 amide bonds. The van der Waals surface area contributed by atoms with Gasteiger partial charge in [0.2, 0.25) is 0 Å². The first kappa shape index (κ1) is 13.9. The van der Waals surface area contributed by atoms with E-state index >= 15 is 0 Å². The van der Waals surface area contributed by atoms with Crippen LogP contribution in [0, 0.1) is 5.41 Å². The van der Waals surface area contributed by atoms with Crippen LogP contribution in [0.4, 0.5) is 0 Å². The van der Waals surface area contributed by atoms with Crippen LogP contribution >= 0.6 is 15.9 Å². The monoisotopic (exact) mass is 324 g/mol. The Kier molecular flexibility index (Phi) is 3.85. The molecule has 5 heteroatoms. The first-order chi connectivity index (χ1) is 8.99. The van der Waals surface area contributed by atoms with Gasteiger partial charge in [0.25, 0.3) is 0 Å². The van der Waals surface area contributed by atoms with E-state index in [1.165, 1.54) is 6.92 Å². The quantitative estimate of drug-likeness (QED) is 0.368. The Bertz CT molecular complexity index is 552. The number of esters is 1. The van der Waals surface area contributed by atoms with Crippen molar-refractivity contribution in [3.8, 4) is 5.75 Å². The fourth-order valence-electron chi connectivity index (χ4n) is 2.34. The van der Waals surface area contributed by atoms with Gasteiger partial charge in [-0.15, -0.1) is 0 Å². The topological polar surface area (TPSA) is 60.4 Å². The minimum Gasteiger partial charge on any atom is -0.425 e. The summed E-state index contributed by atoms with van der Waals surface area (Å²) in [6, 6.07) is 7.06. The van der Waals surface area contributed by atoms with Crippen LogP contribution in [0.15, 0.2) is 24.3 Å². The van der Waals surface area contributed by atoms with Crippen molar-refractivity contribution < 1.29 is 19.1 Å². The lowest BCUT2D eigenvalue weighted by Crippen LogP contribution is -2.48. The first-order valence-corrected chi connectivity index (χ1v) is 7.00. The van der Waals surface area contributed by atoms with Gasteiger partial charge in [0, 0.05) is 6.42 Å². The number of fused-ring (bicyclic) bond motifs is 1. The number of alkyl halides is 1. The van der Waals surface area contributed by atoms with E-state index < -0.39 is 11.4 Å². The minimum atomic E-state index is -1.39. The molecule has 1 aliphatic heterocycles. The Hall–Kier alpha value is -1.49. The van der Waals surface area contributed by atoms with Gasteiger partial charge in [0.05, 0.1) is 5.33 Å². The van der Waals surface area contributed by atoms with Crippen molar-refractivity contribution in [1.82, 2.24) is 0 Å². The summed E-state index contributed by atoms with van der Waals surface area (Å²) in [7, 11) is 0. The third-order valence-corrected chi connectivity index (χ3v) is 3.77. The van der Waals surface area contributed by atoms with Gasteiger partial charge < -0.3 is 4.74 Å². The number of hydrogen-bond acceptors (Lipinski definition) is 4. The molecule has 0 spiro atoms. The van der Waals surface area contributed by atoms with E-state index in [1.807, 2.05) is 6.07 Å². The third-order valence-electron chi connectivity index (χ3n) is 3.26. The predicted molar refractivity (Wildman–Crippen MR) is 72.3 cm³/mol. The second-order valence-electron chi connectivity index (χ2n) is 4.69. The van der Waals surface area contributed by atoms with Gasteiger partial charge in [-0.2, -0.15) is 0 Å². The van der Waals surface area contributed by atoms with E-state index in [4.69, 9.17) is 4.74 Å². The summed E-state index contributed by atoms with van der Waals surface area (Å²) in [5.41, 5.74) is -0.610. The van der Waals surface area contributed by atoms with Crippen LogP contribution < -0.4 is 4.74 Å². The largest absolute Gasteiger partial charge is 0.425 e. The number of rotatable bonds is 4. The lowest BCUT2D eigenvalue weighted by atomic mass is 9.73. The van der Waals surface area contributed by atoms with Crippen molar-refractivity contribution in [2.45, 2.75) is 19.8 Å². The molecule has 1 aliphatic rings. The normalized spacial score (nSPS) is 21.5. The summed E-state index contributed by atoms with van der Waals surface area (Å²) in [5, 5.41) is 0.0253. The maximum atomic E-state index is 12.2. The van der Waals surface area contributed by atoms with E-state index in [0.717, 1.165) is 5.56 Å². The van der Waals surface area contributed by atoms with Gasteiger partial charge in [0.15, 0.2) is 5.78 Å². The first-order valence-electron chi connectivity index (χ1n) is 5.88. The van der Waals surface area contributed by atoms with Crippen LogP contribution in [0.3, 0.4) is 0 Å². The number of para-hydroxylation sites is 1. The molecule has 0 saturated heterocycles. The molecule has 0 saturated carbocycles. The Labute approximate surface area is 119 Å². The molecule has 0 radical (unpaired) electrons. The number of ether oxygens (including phenoxy) is 1. The minimum absolute atomic E-state index is 0.0253. The van der Waals surface area contributed by atoms with E-state index in [-0.39, 0.29) is 29.7 Å². The maximum absolute atomic E-state index is 12.2. The number of Topliss-reactive ketones (excluding diaryl/α,β-unsaturated/α-hetero) is 2. The molecule has 1 aromatic carbocycles. The SMILES string of the molecule is CC(=O)CC1(C(=O)CBr)Cc2ccccc2OC1=O. The van der Waals surface area contributed by atoms with Crippen LogP contribution in [-0.2, 0) is 20.8 Å². The molecular formula is C14H13BrO4. The van der Waals surface area contributed by atoms with Crippen molar-refractivity contribution in [3.63, 3.8) is 0 Å². The number of carbonyl (C=O) groups is 3. The summed E-state index contributed by atoms with van der Waals surface area (Å²) < 4.78 is 5.24. The zero-order valence-electron chi connectivity index (χ0n) is 10.4. The van der Waals surface area contributed by atoms with Crippen LogP contribution in [0.25, 0.3) is 0 Å². The molecule has 4 nitrogen and oxygen atoms in total. The van der Waals surface area contributed by atoms with Gasteiger partial charge >= 0.3 is 5.97 Å². The van der Waals surface area contributed by atoms with Gasteiger partial charge in [-0.25, -0.2) is 0 Å². The highest BCUT2D eigenvalue weighted by Gasteiger charge is 2.50. The molecule has 0 aliphatic carbocycles. The van der Waals surface area contributed by atoms with Crippen LogP contribution in [0.1, 0.15) is 18.9 Å². The summed E-state index contributed by atoms with van der Waals surface area (Å²) >= 11 is 3.07. The zero-order valence-corrected chi connectivity index (χ0v) is 12.0. The van der Waals surface area contributed by atoms with Crippen LogP contribution in [0.5, 0.6) is 5.75 Å². The zero-order chi connectivity index (χ0) is 14.0. The average Bonchev–Trinajstić information content (AvgIpc) is 2.38. The molecule has 0 aromatic heterocycles. The number of carbonyl (C=O) groups excluding carboxylic acids is 3. The van der Waals surface area contributed by atoms with E-state index in [1.54, 1.807) is 18.2 Å². The summed E-state index contributed by atoms with van der Waals surface area (Å²) in [5.74, 6) is -0.687. The van der Waals surface area contributed by atoms with Gasteiger partial charge in [-0.05, 0) is 25.0 Å². The second kappa shape index (κ2) is 5.25. The van der Waals surface area contributed by atoms with E-state index in [0.29, 0.717) is 5.75 Å². The Morgan fingerprint density at radius 3 is 2.68 bits per heavy atom. The van der Waals surface area contributed by atoms with Crippen molar-refractivity contribution in [2.24, 2.45) is 5.41 Å². The molecule has 1 unspecified atom stereocenters. The third kappa shape index (κ3) is 2.47. The maximum Gasteiger partial charge on any atom is 0.325 e. The molecule has 19 heavy (non-hydrogen) atoms. The highest BCUT2D eigenvalue weighted by molar-refractivity contribution is 9.09. The average molecular weight is 325 g/mol. The Balaban J connectivity index is 2.47. The molecule has 1 heterocycles. The smallest absolute Gasteiger partial charge is 0.325 e. The molecule has 2 rings (SSSR count). The van der Waals surface area contributed by atoms with Crippen molar-refractivity contribution in [1.29, 1.82) is 0 Å². The predicted octanol–water partition coefficient (Wildman–Crippen LogP) is 2.08. The molecule has 0 bridgehead atoms. The second-order valence-corrected chi connectivity index (χ2v) is 5.25. The molecular weight excluding hydrogens is 312 g/mol. The van der Waals surface area contributed by atoms with Crippen molar-refractivity contribution in [2.75, 3.05) is 5.33 Å². The van der Waals surface area contributed by atoms with Crippen LogP contribution in [-0.4, -0.2) is 22.9 Å². The molecule has 100 valence electrons. The number of hydrogen-bond donors (Lipinski definition) is 0. The molecule has 0 fully saturated rings.